The summed E-state index contributed by atoms with van der Waals surface area (Å²) in [5.41, 5.74) is 6.50. The number of hydrogen-bond donors (Lipinski definition) is 1. The number of thiophene rings is 1. The third kappa shape index (κ3) is 1.96. The second-order valence-electron chi connectivity index (χ2n) is 4.02. The highest BCUT2D eigenvalue weighted by Gasteiger charge is 2.04. The van der Waals surface area contributed by atoms with E-state index in [4.69, 9.17) is 17.3 Å². The zero-order chi connectivity index (χ0) is 12.5. The van der Waals surface area contributed by atoms with Crippen molar-refractivity contribution in [3.8, 4) is 0 Å². The third-order valence-electron chi connectivity index (χ3n) is 2.77. The average molecular weight is 275 g/mol. The quantitative estimate of drug-likeness (QED) is 0.423. The minimum absolute atomic E-state index is 0.254. The maximum absolute atomic E-state index is 5.65. The van der Waals surface area contributed by atoms with Gasteiger partial charge < -0.3 is 5.73 Å². The molecule has 3 rings (SSSR count). The van der Waals surface area contributed by atoms with Crippen LogP contribution in [0.3, 0.4) is 0 Å². The van der Waals surface area contributed by atoms with Crippen LogP contribution in [0.2, 0.25) is 0 Å². The molecule has 1 aromatic heterocycles. The summed E-state index contributed by atoms with van der Waals surface area (Å²) in [5.74, 6) is 0.696. The smallest absolute Gasteiger partial charge is 0.115 e. The van der Waals surface area contributed by atoms with Gasteiger partial charge in [-0.2, -0.15) is 0 Å². The van der Waals surface area contributed by atoms with Crippen molar-refractivity contribution in [1.29, 1.82) is 0 Å². The maximum atomic E-state index is 5.65. The molecule has 18 heavy (non-hydrogen) atoms. The molecule has 0 aliphatic heterocycles. The summed E-state index contributed by atoms with van der Waals surface area (Å²) in [7, 11) is 0. The van der Waals surface area contributed by atoms with Gasteiger partial charge in [-0.1, -0.05) is 24.3 Å². The first kappa shape index (κ1) is 11.5. The summed E-state index contributed by atoms with van der Waals surface area (Å²) in [6, 6.07) is 14.5. The van der Waals surface area contributed by atoms with Crippen molar-refractivity contribution in [2.24, 2.45) is 10.7 Å². The zero-order valence-corrected chi connectivity index (χ0v) is 11.1. The normalized spacial score (nSPS) is 12.4. The number of amidine groups is 1. The SMILES string of the molecule is NC(CCl)=Nc1ccc2c(c1)sc1ccccc12. The highest BCUT2D eigenvalue weighted by atomic mass is 35.5. The number of halogens is 1. The lowest BCUT2D eigenvalue weighted by atomic mass is 10.1. The number of benzene rings is 2. The highest BCUT2D eigenvalue weighted by molar-refractivity contribution is 7.25. The van der Waals surface area contributed by atoms with Crippen LogP contribution in [-0.4, -0.2) is 11.7 Å². The summed E-state index contributed by atoms with van der Waals surface area (Å²) in [5, 5.41) is 2.55. The van der Waals surface area contributed by atoms with Gasteiger partial charge in [0.05, 0.1) is 11.6 Å². The second-order valence-corrected chi connectivity index (χ2v) is 5.37. The first-order valence-electron chi connectivity index (χ1n) is 5.58. The van der Waals surface area contributed by atoms with E-state index in [1.54, 1.807) is 11.3 Å². The molecule has 0 unspecified atom stereocenters. The lowest BCUT2D eigenvalue weighted by Crippen LogP contribution is -2.12. The van der Waals surface area contributed by atoms with Crippen LogP contribution in [-0.2, 0) is 0 Å². The highest BCUT2D eigenvalue weighted by Crippen LogP contribution is 2.35. The Hall–Kier alpha value is -1.58. The molecule has 0 aliphatic rings. The number of hydrogen-bond acceptors (Lipinski definition) is 2. The number of rotatable bonds is 2. The van der Waals surface area contributed by atoms with Gasteiger partial charge in [-0.25, -0.2) is 4.99 Å². The van der Waals surface area contributed by atoms with Crippen LogP contribution in [0.1, 0.15) is 0 Å². The third-order valence-corrected chi connectivity index (χ3v) is 4.18. The molecule has 4 heteroatoms. The van der Waals surface area contributed by atoms with Gasteiger partial charge in [0.25, 0.3) is 0 Å². The van der Waals surface area contributed by atoms with Crippen LogP contribution in [0, 0.1) is 0 Å². The van der Waals surface area contributed by atoms with Crippen LogP contribution in [0.4, 0.5) is 5.69 Å². The van der Waals surface area contributed by atoms with Gasteiger partial charge in [0.2, 0.25) is 0 Å². The van der Waals surface area contributed by atoms with Crippen LogP contribution >= 0.6 is 22.9 Å². The predicted molar refractivity (Wildman–Crippen MR) is 81.3 cm³/mol. The van der Waals surface area contributed by atoms with Crippen molar-refractivity contribution in [2.45, 2.75) is 0 Å². The molecule has 0 amide bonds. The Morgan fingerprint density at radius 3 is 2.72 bits per heavy atom. The molecule has 0 radical (unpaired) electrons. The number of fused-ring (bicyclic) bond motifs is 3. The van der Waals surface area contributed by atoms with Gasteiger partial charge >= 0.3 is 0 Å². The van der Waals surface area contributed by atoms with E-state index in [0.29, 0.717) is 5.84 Å². The van der Waals surface area contributed by atoms with Crippen molar-refractivity contribution in [1.82, 2.24) is 0 Å². The average Bonchev–Trinajstić information content (AvgIpc) is 2.76. The van der Waals surface area contributed by atoms with Gasteiger partial charge in [-0.05, 0) is 18.2 Å². The van der Waals surface area contributed by atoms with E-state index >= 15 is 0 Å². The van der Waals surface area contributed by atoms with Crippen molar-refractivity contribution in [3.63, 3.8) is 0 Å². The summed E-state index contributed by atoms with van der Waals surface area (Å²) < 4.78 is 2.51. The van der Waals surface area contributed by atoms with Crippen molar-refractivity contribution < 1.29 is 0 Å². The van der Waals surface area contributed by atoms with Gasteiger partial charge in [-0.15, -0.1) is 22.9 Å². The molecule has 3 aromatic rings. The topological polar surface area (TPSA) is 38.4 Å². The fourth-order valence-corrected chi connectivity index (χ4v) is 3.18. The van der Waals surface area contributed by atoms with E-state index in [1.165, 1.54) is 20.2 Å². The maximum Gasteiger partial charge on any atom is 0.115 e. The molecule has 2 nitrogen and oxygen atoms in total. The van der Waals surface area contributed by atoms with E-state index in [1.807, 2.05) is 6.07 Å². The Bertz CT molecular complexity index is 746. The molecule has 2 aromatic carbocycles. The minimum Gasteiger partial charge on any atom is -0.386 e. The molecule has 0 bridgehead atoms. The van der Waals surface area contributed by atoms with E-state index in [-0.39, 0.29) is 5.88 Å². The van der Waals surface area contributed by atoms with Gasteiger partial charge in [0, 0.05) is 20.2 Å². The van der Waals surface area contributed by atoms with E-state index < -0.39 is 0 Å². The number of nitrogens with two attached hydrogens (primary N) is 1. The summed E-state index contributed by atoms with van der Waals surface area (Å²) in [4.78, 5) is 4.27. The molecule has 0 atom stereocenters. The lowest BCUT2D eigenvalue weighted by Gasteiger charge is -1.97. The summed E-state index contributed by atoms with van der Waals surface area (Å²) in [6.45, 7) is 0. The number of alkyl halides is 1. The standard InChI is InChI=1S/C14H11ClN2S/c15-8-14(16)17-9-5-6-11-10-3-1-2-4-12(10)18-13(11)7-9/h1-7H,8H2,(H2,16,17). The molecule has 0 fully saturated rings. The van der Waals surface area contributed by atoms with Crippen molar-refractivity contribution in [2.75, 3.05) is 5.88 Å². The van der Waals surface area contributed by atoms with Crippen molar-refractivity contribution >= 4 is 54.6 Å². The molecule has 2 N–H and O–H groups in total. The largest absolute Gasteiger partial charge is 0.386 e. The Balaban J connectivity index is 2.21. The first-order chi connectivity index (χ1) is 8.78. The van der Waals surface area contributed by atoms with E-state index in [0.717, 1.165) is 5.69 Å². The minimum atomic E-state index is 0.254. The fourth-order valence-electron chi connectivity index (χ4n) is 1.98. The van der Waals surface area contributed by atoms with Crippen LogP contribution in [0.25, 0.3) is 20.2 Å². The van der Waals surface area contributed by atoms with Gasteiger partial charge in [0.15, 0.2) is 0 Å². The number of aliphatic imine (C=N–C) groups is 1. The Kier molecular flexibility index (Phi) is 2.94. The predicted octanol–water partition coefficient (Wildman–Crippen LogP) is 4.28. The fraction of sp³-hybridized carbons (Fsp3) is 0.0714. The van der Waals surface area contributed by atoms with Crippen LogP contribution < -0.4 is 5.73 Å². The molecule has 90 valence electrons. The Morgan fingerprint density at radius 2 is 1.89 bits per heavy atom. The van der Waals surface area contributed by atoms with E-state index in [9.17, 15) is 0 Å². The molecule has 0 spiro atoms. The molecular weight excluding hydrogens is 264 g/mol. The zero-order valence-electron chi connectivity index (χ0n) is 9.56. The summed E-state index contributed by atoms with van der Waals surface area (Å²) >= 11 is 7.40. The van der Waals surface area contributed by atoms with Gasteiger partial charge in [0.1, 0.15) is 5.84 Å². The lowest BCUT2D eigenvalue weighted by molar-refractivity contribution is 1.47. The molecule has 1 heterocycles. The van der Waals surface area contributed by atoms with Crippen LogP contribution in [0.15, 0.2) is 47.5 Å². The van der Waals surface area contributed by atoms with Crippen LogP contribution in [0.5, 0.6) is 0 Å². The van der Waals surface area contributed by atoms with E-state index in [2.05, 4.69) is 41.4 Å². The molecule has 0 saturated heterocycles. The summed E-state index contributed by atoms with van der Waals surface area (Å²) in [6.07, 6.45) is 0. The second kappa shape index (κ2) is 4.59. The Morgan fingerprint density at radius 1 is 1.11 bits per heavy atom. The first-order valence-corrected chi connectivity index (χ1v) is 6.93. The molecular formula is C14H11ClN2S. The molecule has 0 aliphatic carbocycles. The van der Waals surface area contributed by atoms with Crippen molar-refractivity contribution in [3.05, 3.63) is 42.5 Å². The van der Waals surface area contributed by atoms with Gasteiger partial charge in [-0.3, -0.25) is 0 Å². The molecule has 0 saturated carbocycles. The Labute approximate surface area is 114 Å². The monoisotopic (exact) mass is 274 g/mol. The number of nitrogens with zero attached hydrogens (tertiary/aromatic N) is 1.